The summed E-state index contributed by atoms with van der Waals surface area (Å²) >= 11 is 0. The largest absolute Gasteiger partial charge is 0.378 e. The quantitative estimate of drug-likeness (QED) is 0.913. The maximum absolute atomic E-state index is 5.66. The lowest BCUT2D eigenvalue weighted by molar-refractivity contribution is -0.0164. The van der Waals surface area contributed by atoms with E-state index in [0.29, 0.717) is 12.6 Å². The van der Waals surface area contributed by atoms with Crippen molar-refractivity contribution in [1.82, 2.24) is 19.9 Å². The van der Waals surface area contributed by atoms with E-state index in [1.54, 1.807) is 6.20 Å². The minimum absolute atomic E-state index is 0.0552. The van der Waals surface area contributed by atoms with Crippen molar-refractivity contribution in [2.75, 3.05) is 25.1 Å². The predicted molar refractivity (Wildman–Crippen MR) is 89.0 cm³/mol. The van der Waals surface area contributed by atoms with Crippen molar-refractivity contribution in [3.63, 3.8) is 0 Å². The topological polar surface area (TPSA) is 63.2 Å². The van der Waals surface area contributed by atoms with Gasteiger partial charge in [-0.25, -0.2) is 9.97 Å². The number of hydrogen-bond donors (Lipinski definition) is 1. The highest BCUT2D eigenvalue weighted by atomic mass is 16.5. The molecule has 0 aromatic carbocycles. The highest BCUT2D eigenvalue weighted by molar-refractivity contribution is 5.34. The van der Waals surface area contributed by atoms with Gasteiger partial charge in [-0.05, 0) is 32.0 Å². The Kier molecular flexibility index (Phi) is 5.15. The number of nitrogens with zero attached hydrogens (tertiary/aromatic N) is 4. The maximum Gasteiger partial charge on any atom is 0.150 e. The highest BCUT2D eigenvalue weighted by Gasteiger charge is 2.27. The third-order valence-electron chi connectivity index (χ3n) is 3.74. The molecule has 0 saturated carbocycles. The molecule has 6 heteroatoms. The lowest BCUT2D eigenvalue weighted by Crippen LogP contribution is -2.40. The van der Waals surface area contributed by atoms with E-state index >= 15 is 0 Å². The van der Waals surface area contributed by atoms with E-state index in [1.807, 2.05) is 30.5 Å². The number of nitrogens with one attached hydrogen (secondary N) is 1. The summed E-state index contributed by atoms with van der Waals surface area (Å²) in [5.74, 6) is 1.65. The van der Waals surface area contributed by atoms with Gasteiger partial charge >= 0.3 is 0 Å². The molecule has 1 aliphatic heterocycles. The Morgan fingerprint density at radius 3 is 2.96 bits per heavy atom. The number of anilines is 1. The Labute approximate surface area is 136 Å². The number of aromatic nitrogens is 3. The minimum Gasteiger partial charge on any atom is -0.378 e. The maximum atomic E-state index is 5.66. The predicted octanol–water partition coefficient (Wildman–Crippen LogP) is 2.27. The molecule has 0 amide bonds. The van der Waals surface area contributed by atoms with E-state index < -0.39 is 0 Å². The van der Waals surface area contributed by atoms with Crippen LogP contribution in [0.25, 0.3) is 0 Å². The number of morpholine rings is 1. The van der Waals surface area contributed by atoms with E-state index in [2.05, 4.69) is 39.0 Å². The van der Waals surface area contributed by atoms with Gasteiger partial charge in [-0.15, -0.1) is 0 Å². The Bertz CT molecular complexity index is 619. The zero-order chi connectivity index (χ0) is 16.1. The first-order valence-electron chi connectivity index (χ1n) is 8.03. The first-order chi connectivity index (χ1) is 11.2. The second-order valence-electron chi connectivity index (χ2n) is 5.98. The van der Waals surface area contributed by atoms with Gasteiger partial charge in [0.25, 0.3) is 0 Å². The van der Waals surface area contributed by atoms with Crippen LogP contribution in [0.2, 0.25) is 0 Å². The summed E-state index contributed by atoms with van der Waals surface area (Å²) in [6.45, 7) is 7.16. The monoisotopic (exact) mass is 313 g/mol. The zero-order valence-electron chi connectivity index (χ0n) is 13.6. The fourth-order valence-corrected chi connectivity index (χ4v) is 2.68. The number of pyridine rings is 1. The van der Waals surface area contributed by atoms with Gasteiger partial charge in [0, 0.05) is 31.5 Å². The van der Waals surface area contributed by atoms with Crippen LogP contribution in [-0.2, 0) is 11.3 Å². The van der Waals surface area contributed by atoms with E-state index in [4.69, 9.17) is 4.74 Å². The summed E-state index contributed by atoms with van der Waals surface area (Å²) in [5, 5.41) is 3.33. The van der Waals surface area contributed by atoms with Crippen molar-refractivity contribution in [1.29, 1.82) is 0 Å². The minimum atomic E-state index is 0.0552. The summed E-state index contributed by atoms with van der Waals surface area (Å²) in [4.78, 5) is 15.9. The fraction of sp³-hybridized carbons (Fsp3) is 0.471. The molecular weight excluding hydrogens is 290 g/mol. The molecule has 0 spiro atoms. The summed E-state index contributed by atoms with van der Waals surface area (Å²) in [6.07, 6.45) is 3.63. The Balaban J connectivity index is 1.78. The lowest BCUT2D eigenvalue weighted by atomic mass is 10.2. The number of rotatable bonds is 5. The van der Waals surface area contributed by atoms with E-state index in [9.17, 15) is 0 Å². The molecular formula is C17H23N5O. The molecule has 0 aliphatic carbocycles. The Morgan fingerprint density at radius 2 is 2.17 bits per heavy atom. The van der Waals surface area contributed by atoms with Crippen LogP contribution in [-0.4, -0.2) is 45.7 Å². The average Bonchev–Trinajstić information content (AvgIpc) is 2.56. The molecule has 2 aromatic rings. The normalized spacial score (nSPS) is 19.0. The molecule has 3 heterocycles. The molecule has 1 N–H and O–H groups in total. The zero-order valence-corrected chi connectivity index (χ0v) is 13.6. The summed E-state index contributed by atoms with van der Waals surface area (Å²) in [5.41, 5.74) is 1.05. The van der Waals surface area contributed by atoms with E-state index in [1.165, 1.54) is 0 Å². The molecule has 1 saturated heterocycles. The molecule has 122 valence electrons. The standard InChI is InChI=1S/C17H23N5O/c1-13(2)20-16-6-8-19-17(21-16)15-12-23-10-9-22(15)11-14-5-3-4-7-18-14/h3-8,13,15H,9-12H2,1-2H3,(H,19,20,21)/t15-/m1/s1. The van der Waals surface area contributed by atoms with Crippen LogP contribution in [0.4, 0.5) is 5.82 Å². The van der Waals surface area contributed by atoms with Crippen molar-refractivity contribution < 1.29 is 4.74 Å². The summed E-state index contributed by atoms with van der Waals surface area (Å²) in [6, 6.07) is 8.29. The van der Waals surface area contributed by atoms with Gasteiger partial charge in [-0.3, -0.25) is 9.88 Å². The van der Waals surface area contributed by atoms with Crippen LogP contribution in [0.3, 0.4) is 0 Å². The third kappa shape index (κ3) is 4.24. The van der Waals surface area contributed by atoms with Gasteiger partial charge in [0.1, 0.15) is 11.6 Å². The van der Waals surface area contributed by atoms with Crippen molar-refractivity contribution in [3.05, 3.63) is 48.2 Å². The van der Waals surface area contributed by atoms with Crippen LogP contribution >= 0.6 is 0 Å². The van der Waals surface area contributed by atoms with Crippen LogP contribution in [0.15, 0.2) is 36.7 Å². The molecule has 3 rings (SSSR count). The van der Waals surface area contributed by atoms with Gasteiger partial charge in [0.15, 0.2) is 0 Å². The second-order valence-corrected chi connectivity index (χ2v) is 5.98. The van der Waals surface area contributed by atoms with Crippen LogP contribution in [0, 0.1) is 0 Å². The van der Waals surface area contributed by atoms with Crippen molar-refractivity contribution in [2.45, 2.75) is 32.5 Å². The molecule has 23 heavy (non-hydrogen) atoms. The smallest absolute Gasteiger partial charge is 0.150 e. The van der Waals surface area contributed by atoms with Gasteiger partial charge < -0.3 is 10.1 Å². The first kappa shape index (κ1) is 15.8. The molecule has 0 bridgehead atoms. The van der Waals surface area contributed by atoms with E-state index in [-0.39, 0.29) is 6.04 Å². The SMILES string of the molecule is CC(C)Nc1ccnc([C@H]2COCCN2Cc2ccccn2)n1. The number of hydrogen-bond acceptors (Lipinski definition) is 6. The van der Waals surface area contributed by atoms with Crippen molar-refractivity contribution >= 4 is 5.82 Å². The van der Waals surface area contributed by atoms with Gasteiger partial charge in [0.05, 0.1) is 24.9 Å². The van der Waals surface area contributed by atoms with Gasteiger partial charge in [-0.2, -0.15) is 0 Å². The lowest BCUT2D eigenvalue weighted by Gasteiger charge is -2.34. The van der Waals surface area contributed by atoms with E-state index in [0.717, 1.165) is 37.0 Å². The number of ether oxygens (including phenoxy) is 1. The highest BCUT2D eigenvalue weighted by Crippen LogP contribution is 2.23. The molecule has 1 aliphatic rings. The Morgan fingerprint density at radius 1 is 1.26 bits per heavy atom. The van der Waals surface area contributed by atoms with Crippen molar-refractivity contribution in [2.24, 2.45) is 0 Å². The molecule has 6 nitrogen and oxygen atoms in total. The fourth-order valence-electron chi connectivity index (χ4n) is 2.68. The van der Waals surface area contributed by atoms with Crippen LogP contribution < -0.4 is 5.32 Å². The molecule has 1 atom stereocenters. The van der Waals surface area contributed by atoms with Crippen molar-refractivity contribution in [3.8, 4) is 0 Å². The molecule has 1 fully saturated rings. The van der Waals surface area contributed by atoms with Gasteiger partial charge in [0.2, 0.25) is 0 Å². The molecule has 2 aromatic heterocycles. The third-order valence-corrected chi connectivity index (χ3v) is 3.74. The molecule has 0 radical (unpaired) electrons. The summed E-state index contributed by atoms with van der Waals surface area (Å²) < 4.78 is 5.66. The average molecular weight is 313 g/mol. The first-order valence-corrected chi connectivity index (χ1v) is 8.03. The van der Waals surface area contributed by atoms with Crippen LogP contribution in [0.1, 0.15) is 31.4 Å². The Hall–Kier alpha value is -2.05. The van der Waals surface area contributed by atoms with Gasteiger partial charge in [-0.1, -0.05) is 6.07 Å². The molecule has 0 unspecified atom stereocenters. The second kappa shape index (κ2) is 7.48. The van der Waals surface area contributed by atoms with Crippen LogP contribution in [0.5, 0.6) is 0 Å². The summed E-state index contributed by atoms with van der Waals surface area (Å²) in [7, 11) is 0.